The molecular formula is C36H37F3N6O2. The van der Waals surface area contributed by atoms with Gasteiger partial charge < -0.3 is 20.1 Å². The van der Waals surface area contributed by atoms with Crippen molar-refractivity contribution in [3.63, 3.8) is 0 Å². The molecular weight excluding hydrogens is 605 g/mol. The summed E-state index contributed by atoms with van der Waals surface area (Å²) >= 11 is 0. The van der Waals surface area contributed by atoms with Crippen molar-refractivity contribution in [1.29, 1.82) is 0 Å². The van der Waals surface area contributed by atoms with Gasteiger partial charge in [0.05, 0.1) is 17.7 Å². The predicted octanol–water partition coefficient (Wildman–Crippen LogP) is 6.15. The van der Waals surface area contributed by atoms with Crippen LogP contribution in [0.2, 0.25) is 0 Å². The Morgan fingerprint density at radius 1 is 1.17 bits per heavy atom. The van der Waals surface area contributed by atoms with Crippen LogP contribution in [0.1, 0.15) is 57.4 Å². The molecule has 2 aromatic carbocycles. The number of hydrogen-bond donors (Lipinski definition) is 2. The maximum Gasteiger partial charge on any atom is 0.319 e. The van der Waals surface area contributed by atoms with Crippen LogP contribution in [0.25, 0.3) is 32.9 Å². The summed E-state index contributed by atoms with van der Waals surface area (Å²) in [6.07, 6.45) is 10.8. The van der Waals surface area contributed by atoms with E-state index in [9.17, 15) is 8.78 Å². The number of fused-ring (bicyclic) bond motifs is 2. The zero-order valence-electron chi connectivity index (χ0n) is 26.3. The van der Waals surface area contributed by atoms with Gasteiger partial charge in [-0.25, -0.2) is 18.2 Å². The lowest BCUT2D eigenvalue weighted by molar-refractivity contribution is 0.107. The Morgan fingerprint density at radius 3 is 2.85 bits per heavy atom. The van der Waals surface area contributed by atoms with E-state index in [0.29, 0.717) is 59.6 Å². The Balaban J connectivity index is 1.28. The molecule has 3 aliphatic heterocycles. The van der Waals surface area contributed by atoms with Crippen molar-refractivity contribution in [1.82, 2.24) is 25.2 Å². The van der Waals surface area contributed by atoms with Gasteiger partial charge in [0.25, 0.3) is 0 Å². The van der Waals surface area contributed by atoms with Crippen LogP contribution in [-0.2, 0) is 0 Å². The third kappa shape index (κ3) is 5.32. The van der Waals surface area contributed by atoms with Crippen LogP contribution in [-0.4, -0.2) is 76.0 Å². The SMILES string of the molecule is C#Cc1c(F)ccc2cccc(-c3nc4c5c(nc(OC[C@@]67CCCN6C[C@H](F)C7)nc5c3F)N[C@@H]([C@H](CC)NC3CC3)CCO4)c12. The molecule has 8 rings (SSSR count). The second-order valence-electron chi connectivity index (χ2n) is 13.3. The molecule has 0 bridgehead atoms. The highest BCUT2D eigenvalue weighted by molar-refractivity contribution is 6.03. The molecule has 244 valence electrons. The molecule has 11 heteroatoms. The number of pyridine rings is 1. The monoisotopic (exact) mass is 642 g/mol. The first kappa shape index (κ1) is 30.2. The largest absolute Gasteiger partial charge is 0.477 e. The van der Waals surface area contributed by atoms with Crippen molar-refractivity contribution in [3.05, 3.63) is 47.5 Å². The standard InChI is InChI=1S/C36H37F3N6O2/c1-3-23-25(38)12-9-20-7-5-8-24(28(20)23)31-30(39)32-29-33(41-27(13-16-46-34(29)42-31)26(4-2)40-22-10-11-22)44-35(43-32)47-19-36-14-6-15-45(36)18-21(37)17-36/h1,5,7-9,12,21-22,26-27,40H,4,6,10-11,13-19H2,2H3,(H,41,43,44)/t21-,26+,27-,36+/m1/s1. The lowest BCUT2D eigenvalue weighted by atomic mass is 9.95. The van der Waals surface area contributed by atoms with Crippen molar-refractivity contribution in [2.75, 3.05) is 31.6 Å². The van der Waals surface area contributed by atoms with Crippen LogP contribution >= 0.6 is 0 Å². The van der Waals surface area contributed by atoms with Gasteiger partial charge in [0.1, 0.15) is 41.0 Å². The van der Waals surface area contributed by atoms with Gasteiger partial charge in [-0.15, -0.1) is 6.42 Å². The van der Waals surface area contributed by atoms with Gasteiger partial charge in [-0.3, -0.25) is 4.90 Å². The molecule has 0 radical (unpaired) electrons. The number of halogens is 3. The minimum Gasteiger partial charge on any atom is -0.477 e. The Labute approximate surface area is 271 Å². The summed E-state index contributed by atoms with van der Waals surface area (Å²) in [5, 5.41) is 8.64. The maximum absolute atomic E-state index is 17.0. The first-order valence-electron chi connectivity index (χ1n) is 16.6. The number of rotatable bonds is 8. The fourth-order valence-electron chi connectivity index (χ4n) is 7.82. The van der Waals surface area contributed by atoms with Gasteiger partial charge in [0.2, 0.25) is 5.88 Å². The number of anilines is 1. The third-order valence-electron chi connectivity index (χ3n) is 10.3. The van der Waals surface area contributed by atoms with Gasteiger partial charge in [-0.2, -0.15) is 9.97 Å². The van der Waals surface area contributed by atoms with Gasteiger partial charge in [-0.05, 0) is 50.1 Å². The van der Waals surface area contributed by atoms with Crippen molar-refractivity contribution < 1.29 is 22.6 Å². The molecule has 1 aliphatic carbocycles. The molecule has 4 atom stereocenters. The van der Waals surface area contributed by atoms with E-state index in [1.54, 1.807) is 24.3 Å². The summed E-state index contributed by atoms with van der Waals surface area (Å²) in [7, 11) is 0. The molecule has 47 heavy (non-hydrogen) atoms. The molecule has 2 saturated heterocycles. The average Bonchev–Trinajstić information content (AvgIpc) is 3.72. The highest BCUT2D eigenvalue weighted by Gasteiger charge is 2.49. The minimum absolute atomic E-state index is 0.0127. The van der Waals surface area contributed by atoms with Crippen molar-refractivity contribution in [2.24, 2.45) is 0 Å². The predicted molar refractivity (Wildman–Crippen MR) is 174 cm³/mol. The van der Waals surface area contributed by atoms with Crippen LogP contribution in [0.5, 0.6) is 11.9 Å². The number of benzene rings is 2. The molecule has 0 amide bonds. The van der Waals surface area contributed by atoms with Gasteiger partial charge in [0.15, 0.2) is 5.82 Å². The summed E-state index contributed by atoms with van der Waals surface area (Å²) < 4.78 is 58.9. The molecule has 3 fully saturated rings. The van der Waals surface area contributed by atoms with Crippen molar-refractivity contribution in [3.8, 4) is 35.5 Å². The number of ether oxygens (including phenoxy) is 2. The van der Waals surface area contributed by atoms with E-state index >= 15 is 4.39 Å². The van der Waals surface area contributed by atoms with E-state index < -0.39 is 23.3 Å². The van der Waals surface area contributed by atoms with E-state index in [-0.39, 0.29) is 47.4 Å². The molecule has 2 N–H and O–H groups in total. The van der Waals surface area contributed by atoms with Crippen LogP contribution in [0, 0.1) is 24.0 Å². The number of alkyl halides is 1. The van der Waals surface area contributed by atoms with Crippen LogP contribution in [0.3, 0.4) is 0 Å². The Morgan fingerprint density at radius 2 is 2.04 bits per heavy atom. The first-order valence-corrected chi connectivity index (χ1v) is 16.6. The zero-order chi connectivity index (χ0) is 32.3. The first-order chi connectivity index (χ1) is 22.9. The number of aromatic nitrogens is 3. The minimum atomic E-state index is -0.915. The van der Waals surface area contributed by atoms with E-state index in [0.717, 1.165) is 38.6 Å². The number of nitrogens with zero attached hydrogens (tertiary/aromatic N) is 4. The number of terminal acetylenes is 1. The lowest BCUT2D eigenvalue weighted by Crippen LogP contribution is -2.46. The second-order valence-corrected chi connectivity index (χ2v) is 13.3. The van der Waals surface area contributed by atoms with Gasteiger partial charge in [0, 0.05) is 48.5 Å². The Hall–Kier alpha value is -4.14. The summed E-state index contributed by atoms with van der Waals surface area (Å²) in [4.78, 5) is 16.2. The molecule has 1 saturated carbocycles. The molecule has 2 aromatic heterocycles. The van der Waals surface area contributed by atoms with Crippen molar-refractivity contribution in [2.45, 2.75) is 81.7 Å². The van der Waals surface area contributed by atoms with E-state index in [1.807, 2.05) is 0 Å². The maximum atomic E-state index is 17.0. The lowest BCUT2D eigenvalue weighted by Gasteiger charge is -2.32. The summed E-state index contributed by atoms with van der Waals surface area (Å²) in [5.74, 6) is 1.66. The quantitative estimate of drug-likeness (QED) is 0.222. The normalized spacial score (nSPS) is 24.7. The van der Waals surface area contributed by atoms with E-state index in [2.05, 4.69) is 38.3 Å². The fraction of sp³-hybridized carbons (Fsp3) is 0.472. The molecule has 4 aliphatic rings. The smallest absolute Gasteiger partial charge is 0.319 e. The highest BCUT2D eigenvalue weighted by Crippen LogP contribution is 2.43. The molecule has 4 aromatic rings. The summed E-state index contributed by atoms with van der Waals surface area (Å²) in [5.41, 5.74) is -0.184. The fourth-order valence-corrected chi connectivity index (χ4v) is 7.82. The van der Waals surface area contributed by atoms with Crippen LogP contribution < -0.4 is 20.1 Å². The molecule has 0 spiro atoms. The summed E-state index contributed by atoms with van der Waals surface area (Å²) in [6.45, 7) is 3.86. The van der Waals surface area contributed by atoms with Gasteiger partial charge >= 0.3 is 6.01 Å². The zero-order valence-corrected chi connectivity index (χ0v) is 26.3. The topological polar surface area (TPSA) is 84.4 Å². The Kier molecular flexibility index (Phi) is 7.60. The molecule has 0 unspecified atom stereocenters. The molecule has 8 nitrogen and oxygen atoms in total. The van der Waals surface area contributed by atoms with Crippen molar-refractivity contribution >= 4 is 27.5 Å². The second kappa shape index (κ2) is 11.8. The van der Waals surface area contributed by atoms with Gasteiger partial charge in [-0.1, -0.05) is 37.1 Å². The third-order valence-corrected chi connectivity index (χ3v) is 10.3. The highest BCUT2D eigenvalue weighted by atomic mass is 19.1. The Bertz CT molecular complexity index is 1910. The summed E-state index contributed by atoms with van der Waals surface area (Å²) in [6, 6.07) is 8.67. The van der Waals surface area contributed by atoms with E-state index in [4.69, 9.17) is 20.9 Å². The van der Waals surface area contributed by atoms with E-state index in [1.165, 1.54) is 6.07 Å². The number of hydrogen-bond acceptors (Lipinski definition) is 8. The number of nitrogens with one attached hydrogen (secondary N) is 2. The van der Waals surface area contributed by atoms with Crippen LogP contribution in [0.4, 0.5) is 19.0 Å². The van der Waals surface area contributed by atoms with Crippen LogP contribution in [0.15, 0.2) is 30.3 Å². The molecule has 5 heterocycles. The average molecular weight is 643 g/mol.